The molecular weight excluding hydrogens is 264 g/mol. The van der Waals surface area contributed by atoms with Gasteiger partial charge in [-0.2, -0.15) is 0 Å². The predicted octanol–water partition coefficient (Wildman–Crippen LogP) is 2.95. The molecule has 0 unspecified atom stereocenters. The lowest BCUT2D eigenvalue weighted by Gasteiger charge is -2.47. The Hall–Kier alpha value is -0.610. The summed E-state index contributed by atoms with van der Waals surface area (Å²) < 4.78 is 5.47. The van der Waals surface area contributed by atoms with E-state index in [9.17, 15) is 4.79 Å². The van der Waals surface area contributed by atoms with Crippen LogP contribution in [-0.2, 0) is 9.53 Å². The number of likely N-dealkylation sites (N-methyl/N-ethyl adjacent to an activating group) is 1. The minimum Gasteiger partial charge on any atom is -0.459 e. The molecule has 0 radical (unpaired) electrons. The molecule has 4 heteroatoms. The summed E-state index contributed by atoms with van der Waals surface area (Å²) >= 11 is 0. The van der Waals surface area contributed by atoms with Gasteiger partial charge in [0.2, 0.25) is 0 Å². The number of esters is 1. The van der Waals surface area contributed by atoms with Gasteiger partial charge in [0.25, 0.3) is 0 Å². The maximum absolute atomic E-state index is 12.1. The smallest absolute Gasteiger partial charge is 0.320 e. The molecule has 0 heterocycles. The Bertz CT molecular complexity index is 328. The topological polar surface area (TPSA) is 55.6 Å². The van der Waals surface area contributed by atoms with Crippen LogP contribution < -0.4 is 5.73 Å². The van der Waals surface area contributed by atoms with Crippen molar-refractivity contribution in [1.82, 2.24) is 4.90 Å². The van der Waals surface area contributed by atoms with Crippen LogP contribution >= 0.6 is 0 Å². The van der Waals surface area contributed by atoms with E-state index in [1.165, 1.54) is 19.3 Å². The average molecular weight is 298 g/mol. The molecule has 124 valence electrons. The average Bonchev–Trinajstić information content (AvgIpc) is 2.43. The summed E-state index contributed by atoms with van der Waals surface area (Å²) in [6.07, 6.45) is 5.88. The monoisotopic (exact) mass is 298 g/mol. The van der Waals surface area contributed by atoms with Crippen LogP contribution in [0.5, 0.6) is 0 Å². The Kier molecular flexibility index (Phi) is 6.67. The molecule has 1 fully saturated rings. The fourth-order valence-corrected chi connectivity index (χ4v) is 3.42. The maximum atomic E-state index is 12.1. The molecule has 1 aliphatic carbocycles. The number of nitrogens with zero attached hydrogens (tertiary/aromatic N) is 1. The van der Waals surface area contributed by atoms with Gasteiger partial charge in [-0.3, -0.25) is 9.69 Å². The van der Waals surface area contributed by atoms with E-state index >= 15 is 0 Å². The summed E-state index contributed by atoms with van der Waals surface area (Å²) in [4.78, 5) is 14.4. The fourth-order valence-electron chi connectivity index (χ4n) is 3.42. The normalized spacial score (nSPS) is 26.9. The number of rotatable bonds is 6. The van der Waals surface area contributed by atoms with Crippen molar-refractivity contribution >= 4 is 5.97 Å². The van der Waals surface area contributed by atoms with E-state index in [2.05, 4.69) is 18.7 Å². The highest BCUT2D eigenvalue weighted by Crippen LogP contribution is 2.37. The van der Waals surface area contributed by atoms with E-state index in [0.717, 1.165) is 25.3 Å². The summed E-state index contributed by atoms with van der Waals surface area (Å²) in [6.45, 7) is 11.9. The molecule has 4 nitrogen and oxygen atoms in total. The highest BCUT2D eigenvalue weighted by Gasteiger charge is 2.39. The van der Waals surface area contributed by atoms with Gasteiger partial charge in [-0.15, -0.1) is 0 Å². The van der Waals surface area contributed by atoms with Crippen LogP contribution in [-0.4, -0.2) is 41.6 Å². The van der Waals surface area contributed by atoms with Crippen molar-refractivity contribution in [1.29, 1.82) is 0 Å². The van der Waals surface area contributed by atoms with Crippen LogP contribution in [0.4, 0.5) is 0 Å². The number of carbonyl (C=O) groups is 1. The zero-order valence-corrected chi connectivity index (χ0v) is 14.6. The molecule has 1 rings (SSSR count). The van der Waals surface area contributed by atoms with Crippen LogP contribution in [0.25, 0.3) is 0 Å². The fraction of sp³-hybridized carbons (Fsp3) is 0.941. The van der Waals surface area contributed by atoms with Crippen LogP contribution in [0.3, 0.4) is 0 Å². The lowest BCUT2D eigenvalue weighted by atomic mass is 9.74. The van der Waals surface area contributed by atoms with Crippen molar-refractivity contribution in [3.8, 4) is 0 Å². The molecule has 0 saturated heterocycles. The lowest BCUT2D eigenvalue weighted by Crippen LogP contribution is -2.57. The summed E-state index contributed by atoms with van der Waals surface area (Å²) in [7, 11) is 0. The Morgan fingerprint density at radius 3 is 2.24 bits per heavy atom. The molecule has 1 aliphatic rings. The van der Waals surface area contributed by atoms with E-state index in [1.807, 2.05) is 20.8 Å². The first-order chi connectivity index (χ1) is 9.76. The van der Waals surface area contributed by atoms with Crippen LogP contribution in [0.15, 0.2) is 0 Å². The third-order valence-corrected chi connectivity index (χ3v) is 4.79. The molecule has 2 N–H and O–H groups in total. The Labute approximate surface area is 130 Å². The zero-order valence-electron chi connectivity index (χ0n) is 14.6. The van der Waals surface area contributed by atoms with Gasteiger partial charge in [0, 0.05) is 12.1 Å². The third kappa shape index (κ3) is 5.26. The first-order valence-corrected chi connectivity index (χ1v) is 8.43. The van der Waals surface area contributed by atoms with Crippen molar-refractivity contribution in [3.63, 3.8) is 0 Å². The maximum Gasteiger partial charge on any atom is 0.320 e. The van der Waals surface area contributed by atoms with Gasteiger partial charge in [0.1, 0.15) is 5.60 Å². The second-order valence-electron chi connectivity index (χ2n) is 7.38. The lowest BCUT2D eigenvalue weighted by molar-refractivity contribution is -0.158. The van der Waals surface area contributed by atoms with E-state index in [0.29, 0.717) is 13.1 Å². The standard InChI is InChI=1S/C17H34N2O2/c1-6-14-8-10-17(13-18,11-9-14)19(7-2)12-15(20)21-16(3,4)5/h14H,6-13,18H2,1-5H3. The quantitative estimate of drug-likeness (QED) is 0.766. The largest absolute Gasteiger partial charge is 0.459 e. The van der Waals surface area contributed by atoms with E-state index in [1.54, 1.807) is 0 Å². The summed E-state index contributed by atoms with van der Waals surface area (Å²) in [5.74, 6) is 0.680. The number of nitrogens with two attached hydrogens (primary N) is 1. The predicted molar refractivity (Wildman–Crippen MR) is 87.1 cm³/mol. The number of carbonyl (C=O) groups excluding carboxylic acids is 1. The van der Waals surface area contributed by atoms with Crippen molar-refractivity contribution in [2.45, 2.75) is 77.9 Å². The number of hydrogen-bond acceptors (Lipinski definition) is 4. The van der Waals surface area contributed by atoms with Gasteiger partial charge < -0.3 is 10.5 Å². The molecule has 0 spiro atoms. The minimum absolute atomic E-state index is 0.0165. The Balaban J connectivity index is 2.70. The number of ether oxygens (including phenoxy) is 1. The second-order valence-corrected chi connectivity index (χ2v) is 7.38. The van der Waals surface area contributed by atoms with E-state index in [4.69, 9.17) is 10.5 Å². The highest BCUT2D eigenvalue weighted by atomic mass is 16.6. The SMILES string of the molecule is CCC1CCC(CN)(N(CC)CC(=O)OC(C)(C)C)CC1. The minimum atomic E-state index is -0.424. The molecule has 0 aliphatic heterocycles. The number of hydrogen-bond donors (Lipinski definition) is 1. The Morgan fingerprint density at radius 1 is 1.29 bits per heavy atom. The van der Waals surface area contributed by atoms with Gasteiger partial charge in [0.15, 0.2) is 0 Å². The molecule has 0 aromatic carbocycles. The van der Waals surface area contributed by atoms with Crippen molar-refractivity contribution in [3.05, 3.63) is 0 Å². The molecular formula is C17H34N2O2. The van der Waals surface area contributed by atoms with Crippen molar-refractivity contribution in [2.75, 3.05) is 19.6 Å². The summed E-state index contributed by atoms with van der Waals surface area (Å²) in [5.41, 5.74) is 5.67. The van der Waals surface area contributed by atoms with Gasteiger partial charge in [-0.05, 0) is 58.9 Å². The Morgan fingerprint density at radius 2 is 1.86 bits per heavy atom. The molecule has 0 atom stereocenters. The van der Waals surface area contributed by atoms with E-state index < -0.39 is 5.60 Å². The first kappa shape index (κ1) is 18.4. The molecule has 0 aromatic rings. The van der Waals surface area contributed by atoms with Gasteiger partial charge in [-0.1, -0.05) is 20.3 Å². The second kappa shape index (κ2) is 7.59. The van der Waals surface area contributed by atoms with Crippen LogP contribution in [0.1, 0.15) is 66.7 Å². The molecule has 21 heavy (non-hydrogen) atoms. The molecule has 0 aromatic heterocycles. The summed E-state index contributed by atoms with van der Waals surface area (Å²) in [6, 6.07) is 0. The van der Waals surface area contributed by atoms with Crippen molar-refractivity contribution in [2.24, 2.45) is 11.7 Å². The van der Waals surface area contributed by atoms with E-state index in [-0.39, 0.29) is 11.5 Å². The molecule has 0 bridgehead atoms. The summed E-state index contributed by atoms with van der Waals surface area (Å²) in [5, 5.41) is 0. The van der Waals surface area contributed by atoms with Crippen LogP contribution in [0, 0.1) is 5.92 Å². The first-order valence-electron chi connectivity index (χ1n) is 8.43. The molecule has 1 saturated carbocycles. The molecule has 0 amide bonds. The third-order valence-electron chi connectivity index (χ3n) is 4.79. The zero-order chi connectivity index (χ0) is 16.1. The van der Waals surface area contributed by atoms with Crippen molar-refractivity contribution < 1.29 is 9.53 Å². The van der Waals surface area contributed by atoms with Crippen LogP contribution in [0.2, 0.25) is 0 Å². The highest BCUT2D eigenvalue weighted by molar-refractivity contribution is 5.72. The van der Waals surface area contributed by atoms with Gasteiger partial charge >= 0.3 is 5.97 Å². The van der Waals surface area contributed by atoms with Gasteiger partial charge in [0.05, 0.1) is 6.54 Å². The van der Waals surface area contributed by atoms with Gasteiger partial charge in [-0.25, -0.2) is 0 Å².